The fraction of sp³-hybridized carbons (Fsp3) is 1.00. The minimum absolute atomic E-state index is 1.05. The summed E-state index contributed by atoms with van der Waals surface area (Å²) in [7, 11) is 0. The average molecular weight is 248 g/mol. The fourth-order valence-electron chi connectivity index (χ4n) is 1.71. The molecule has 0 radical (unpaired) electrons. The van der Waals surface area contributed by atoms with Gasteiger partial charge in [-0.1, -0.05) is 22.9 Å². The predicted octanol–water partition coefficient (Wildman–Crippen LogP) is 3.28. The van der Waals surface area contributed by atoms with Gasteiger partial charge >= 0.3 is 0 Å². The van der Waals surface area contributed by atoms with E-state index < -0.39 is 0 Å². The highest BCUT2D eigenvalue weighted by atomic mass is 79.9. The molecule has 0 amide bonds. The highest BCUT2D eigenvalue weighted by molar-refractivity contribution is 9.09. The molecule has 1 saturated carbocycles. The van der Waals surface area contributed by atoms with Gasteiger partial charge in [0.05, 0.1) is 0 Å². The Kier molecular flexibility index (Phi) is 6.05. The van der Waals surface area contributed by atoms with E-state index in [-0.39, 0.29) is 0 Å². The molecule has 1 aliphatic carbocycles. The number of hydrogen-bond donors (Lipinski definition) is 0. The van der Waals surface area contributed by atoms with E-state index in [4.69, 9.17) is 0 Å². The van der Waals surface area contributed by atoms with Gasteiger partial charge in [0, 0.05) is 11.9 Å². The molecule has 1 fully saturated rings. The highest BCUT2D eigenvalue weighted by Crippen LogP contribution is 2.29. The van der Waals surface area contributed by atoms with Crippen molar-refractivity contribution in [2.75, 3.05) is 25.0 Å². The van der Waals surface area contributed by atoms with Crippen LogP contribution in [-0.4, -0.2) is 29.9 Å². The Hall–Kier alpha value is 0.440. The van der Waals surface area contributed by atoms with Crippen LogP contribution in [0.4, 0.5) is 0 Å². The standard InChI is InChI=1S/C11H22BrN/c1-2-8-13(9-4-3-7-12)10-11-5-6-11/h11H,2-10H2,1H3. The Morgan fingerprint density at radius 1 is 1.23 bits per heavy atom. The molecule has 0 bridgehead atoms. The van der Waals surface area contributed by atoms with E-state index >= 15 is 0 Å². The summed E-state index contributed by atoms with van der Waals surface area (Å²) in [6.45, 7) is 6.27. The molecule has 0 atom stereocenters. The molecule has 0 unspecified atom stereocenters. The second-order valence-electron chi connectivity index (χ2n) is 4.14. The lowest BCUT2D eigenvalue weighted by molar-refractivity contribution is 0.260. The Morgan fingerprint density at radius 3 is 2.54 bits per heavy atom. The maximum atomic E-state index is 3.48. The maximum absolute atomic E-state index is 3.48. The zero-order chi connectivity index (χ0) is 9.52. The summed E-state index contributed by atoms with van der Waals surface area (Å²) in [5.41, 5.74) is 0. The van der Waals surface area contributed by atoms with Gasteiger partial charge < -0.3 is 4.90 Å². The van der Waals surface area contributed by atoms with E-state index in [2.05, 4.69) is 27.8 Å². The highest BCUT2D eigenvalue weighted by Gasteiger charge is 2.23. The smallest absolute Gasteiger partial charge is 0.00317 e. The van der Waals surface area contributed by atoms with Crippen molar-refractivity contribution < 1.29 is 0 Å². The van der Waals surface area contributed by atoms with Crippen LogP contribution in [-0.2, 0) is 0 Å². The maximum Gasteiger partial charge on any atom is 0.00317 e. The second kappa shape index (κ2) is 6.83. The largest absolute Gasteiger partial charge is 0.303 e. The van der Waals surface area contributed by atoms with Gasteiger partial charge in [0.2, 0.25) is 0 Å². The minimum atomic E-state index is 1.05. The second-order valence-corrected chi connectivity index (χ2v) is 4.93. The Morgan fingerprint density at radius 2 is 2.00 bits per heavy atom. The van der Waals surface area contributed by atoms with Crippen LogP contribution in [0.3, 0.4) is 0 Å². The number of alkyl halides is 1. The van der Waals surface area contributed by atoms with Crippen LogP contribution in [0.2, 0.25) is 0 Å². The van der Waals surface area contributed by atoms with Crippen molar-refractivity contribution >= 4 is 15.9 Å². The molecule has 0 saturated heterocycles. The van der Waals surface area contributed by atoms with Crippen LogP contribution in [0, 0.1) is 5.92 Å². The number of halogens is 1. The number of hydrogen-bond acceptors (Lipinski definition) is 1. The summed E-state index contributed by atoms with van der Waals surface area (Å²) in [4.78, 5) is 2.65. The van der Waals surface area contributed by atoms with E-state index in [0.717, 1.165) is 11.2 Å². The van der Waals surface area contributed by atoms with Crippen molar-refractivity contribution in [1.29, 1.82) is 0 Å². The van der Waals surface area contributed by atoms with E-state index in [1.165, 1.54) is 51.7 Å². The third kappa shape index (κ3) is 5.69. The molecule has 0 aliphatic heterocycles. The molecule has 0 heterocycles. The molecule has 1 rings (SSSR count). The molecule has 1 nitrogen and oxygen atoms in total. The summed E-state index contributed by atoms with van der Waals surface area (Å²) in [6, 6.07) is 0. The molecule has 0 N–H and O–H groups in total. The normalized spacial score (nSPS) is 16.8. The molecule has 0 aromatic carbocycles. The first-order valence-corrected chi connectivity index (χ1v) is 6.77. The Labute approximate surface area is 91.0 Å². The van der Waals surface area contributed by atoms with Crippen molar-refractivity contribution in [3.63, 3.8) is 0 Å². The molecule has 1 aliphatic rings. The van der Waals surface area contributed by atoms with Crippen molar-refractivity contribution in [2.45, 2.75) is 39.0 Å². The van der Waals surface area contributed by atoms with E-state index in [1.54, 1.807) is 0 Å². The van der Waals surface area contributed by atoms with E-state index in [9.17, 15) is 0 Å². The lowest BCUT2D eigenvalue weighted by atomic mass is 10.2. The molecule has 78 valence electrons. The van der Waals surface area contributed by atoms with Crippen LogP contribution in [0.1, 0.15) is 39.0 Å². The number of nitrogens with zero attached hydrogens (tertiary/aromatic N) is 1. The van der Waals surface area contributed by atoms with E-state index in [0.29, 0.717) is 0 Å². The van der Waals surface area contributed by atoms with Gasteiger partial charge in [-0.3, -0.25) is 0 Å². The molecule has 0 aromatic heterocycles. The SMILES string of the molecule is CCCN(CCCCBr)CC1CC1. The zero-order valence-electron chi connectivity index (χ0n) is 8.77. The third-order valence-corrected chi connectivity index (χ3v) is 3.17. The molecular weight excluding hydrogens is 226 g/mol. The Balaban J connectivity index is 2.04. The lowest BCUT2D eigenvalue weighted by Crippen LogP contribution is -2.28. The van der Waals surface area contributed by atoms with Gasteiger partial charge in [0.15, 0.2) is 0 Å². The summed E-state index contributed by atoms with van der Waals surface area (Å²) in [5, 5.41) is 1.16. The summed E-state index contributed by atoms with van der Waals surface area (Å²) >= 11 is 3.48. The number of rotatable bonds is 8. The summed E-state index contributed by atoms with van der Waals surface area (Å²) in [5.74, 6) is 1.05. The van der Waals surface area contributed by atoms with Crippen LogP contribution in [0.5, 0.6) is 0 Å². The van der Waals surface area contributed by atoms with Crippen molar-refractivity contribution in [3.05, 3.63) is 0 Å². The summed E-state index contributed by atoms with van der Waals surface area (Å²) in [6.07, 6.45) is 6.96. The third-order valence-electron chi connectivity index (χ3n) is 2.61. The fourth-order valence-corrected chi connectivity index (χ4v) is 2.10. The lowest BCUT2D eigenvalue weighted by Gasteiger charge is -2.21. The molecule has 0 spiro atoms. The first-order valence-electron chi connectivity index (χ1n) is 5.65. The number of unbranched alkanes of at least 4 members (excludes halogenated alkanes) is 1. The van der Waals surface area contributed by atoms with Gasteiger partial charge in [-0.2, -0.15) is 0 Å². The average Bonchev–Trinajstić information content (AvgIpc) is 2.89. The Bertz CT molecular complexity index is 123. The van der Waals surface area contributed by atoms with Gasteiger partial charge in [0.1, 0.15) is 0 Å². The van der Waals surface area contributed by atoms with Crippen LogP contribution >= 0.6 is 15.9 Å². The molecule has 2 heteroatoms. The first kappa shape index (κ1) is 11.5. The quantitative estimate of drug-likeness (QED) is 0.470. The van der Waals surface area contributed by atoms with Gasteiger partial charge in [0.25, 0.3) is 0 Å². The first-order chi connectivity index (χ1) is 6.36. The van der Waals surface area contributed by atoms with Crippen molar-refractivity contribution in [3.8, 4) is 0 Å². The van der Waals surface area contributed by atoms with Crippen LogP contribution < -0.4 is 0 Å². The van der Waals surface area contributed by atoms with Gasteiger partial charge in [-0.25, -0.2) is 0 Å². The van der Waals surface area contributed by atoms with Crippen molar-refractivity contribution in [1.82, 2.24) is 4.90 Å². The topological polar surface area (TPSA) is 3.24 Å². The summed E-state index contributed by atoms with van der Waals surface area (Å²) < 4.78 is 0. The zero-order valence-corrected chi connectivity index (χ0v) is 10.4. The molecule has 13 heavy (non-hydrogen) atoms. The minimum Gasteiger partial charge on any atom is -0.303 e. The molecule has 0 aromatic rings. The molecular formula is C11H22BrN. The van der Waals surface area contributed by atoms with Crippen molar-refractivity contribution in [2.24, 2.45) is 5.92 Å². The monoisotopic (exact) mass is 247 g/mol. The van der Waals surface area contributed by atoms with Gasteiger partial charge in [-0.05, 0) is 51.1 Å². The predicted molar refractivity (Wildman–Crippen MR) is 62.5 cm³/mol. The van der Waals surface area contributed by atoms with Crippen LogP contribution in [0.15, 0.2) is 0 Å². The van der Waals surface area contributed by atoms with Gasteiger partial charge in [-0.15, -0.1) is 0 Å². The van der Waals surface area contributed by atoms with Crippen LogP contribution in [0.25, 0.3) is 0 Å². The van der Waals surface area contributed by atoms with E-state index in [1.807, 2.05) is 0 Å².